The summed E-state index contributed by atoms with van der Waals surface area (Å²) in [6.07, 6.45) is 0. The van der Waals surface area contributed by atoms with Crippen molar-refractivity contribution in [3.8, 4) is 17.6 Å². The summed E-state index contributed by atoms with van der Waals surface area (Å²) in [4.78, 5) is 23.5. The van der Waals surface area contributed by atoms with Gasteiger partial charge < -0.3 is 9.47 Å². The number of non-ortho nitro benzene ring substituents is 1. The van der Waals surface area contributed by atoms with Crippen molar-refractivity contribution in [2.45, 2.75) is 6.61 Å². The Balaban J connectivity index is 1.87. The van der Waals surface area contributed by atoms with Gasteiger partial charge in [0.2, 0.25) is 0 Å². The Bertz CT molecular complexity index is 1100. The van der Waals surface area contributed by atoms with E-state index in [4.69, 9.17) is 14.7 Å². The van der Waals surface area contributed by atoms with Gasteiger partial charge in [0.25, 0.3) is 5.69 Å². The molecule has 0 heterocycles. The Labute approximate surface area is 166 Å². The third-order valence-electron chi connectivity index (χ3n) is 4.18. The van der Waals surface area contributed by atoms with E-state index >= 15 is 0 Å². The zero-order valence-corrected chi connectivity index (χ0v) is 15.5. The molecule has 0 spiro atoms. The summed E-state index contributed by atoms with van der Waals surface area (Å²) in [5.41, 5.74) is 1.30. The Morgan fingerprint density at radius 2 is 1.79 bits per heavy atom. The minimum Gasteiger partial charge on any atom is -0.497 e. The number of nitro benzene ring substituents is 1. The predicted octanol–water partition coefficient (Wildman–Crippen LogP) is 4.29. The van der Waals surface area contributed by atoms with Gasteiger partial charge in [-0.25, -0.2) is 0 Å². The van der Waals surface area contributed by atoms with E-state index in [1.54, 1.807) is 37.4 Å². The highest BCUT2D eigenvalue weighted by Crippen LogP contribution is 2.26. The van der Waals surface area contributed by atoms with Crippen LogP contribution in [0.25, 0.3) is 0 Å². The molecule has 0 radical (unpaired) electrons. The monoisotopic (exact) mass is 388 g/mol. The van der Waals surface area contributed by atoms with E-state index in [2.05, 4.69) is 0 Å². The largest absolute Gasteiger partial charge is 0.497 e. The van der Waals surface area contributed by atoms with Gasteiger partial charge in [0.15, 0.2) is 5.78 Å². The second-order valence-electron chi connectivity index (χ2n) is 6.13. The molecule has 0 atom stereocenters. The number of carbonyl (C=O) groups excluding carboxylic acids is 1. The fourth-order valence-corrected chi connectivity index (χ4v) is 2.69. The number of ketones is 1. The highest BCUT2D eigenvalue weighted by molar-refractivity contribution is 6.09. The summed E-state index contributed by atoms with van der Waals surface area (Å²) in [6, 6.07) is 19.2. The molecule has 0 aliphatic rings. The summed E-state index contributed by atoms with van der Waals surface area (Å²) < 4.78 is 10.8. The molecule has 7 nitrogen and oxygen atoms in total. The summed E-state index contributed by atoms with van der Waals surface area (Å²) in [5.74, 6) is 0.478. The van der Waals surface area contributed by atoms with Gasteiger partial charge in [0, 0.05) is 17.2 Å². The first-order valence-corrected chi connectivity index (χ1v) is 8.60. The van der Waals surface area contributed by atoms with Crippen LogP contribution in [0.15, 0.2) is 66.7 Å². The normalized spacial score (nSPS) is 10.1. The summed E-state index contributed by atoms with van der Waals surface area (Å²) in [7, 11) is 1.57. The number of ether oxygens (including phenoxy) is 2. The quantitative estimate of drug-likeness (QED) is 0.340. The van der Waals surface area contributed by atoms with Gasteiger partial charge in [-0.2, -0.15) is 5.26 Å². The molecule has 0 aliphatic carbocycles. The number of rotatable bonds is 7. The number of nitrogens with zero attached hydrogens (tertiary/aromatic N) is 2. The fraction of sp³-hybridized carbons (Fsp3) is 0.0909. The average molecular weight is 388 g/mol. The molecule has 144 valence electrons. The van der Waals surface area contributed by atoms with E-state index in [9.17, 15) is 14.9 Å². The van der Waals surface area contributed by atoms with E-state index < -0.39 is 10.7 Å². The number of benzene rings is 3. The number of nitro groups is 1. The molecule has 3 rings (SSSR count). The van der Waals surface area contributed by atoms with Crippen LogP contribution in [0, 0.1) is 21.4 Å². The Hall–Kier alpha value is -4.18. The first kappa shape index (κ1) is 19.6. The third kappa shape index (κ3) is 4.76. The first-order valence-electron chi connectivity index (χ1n) is 8.60. The number of nitriles is 1. The molecular weight excluding hydrogens is 372 g/mol. The van der Waals surface area contributed by atoms with Crippen LogP contribution >= 0.6 is 0 Å². The molecular formula is C22H16N2O5. The summed E-state index contributed by atoms with van der Waals surface area (Å²) in [6.45, 7) is 0.169. The molecule has 0 N–H and O–H groups in total. The van der Waals surface area contributed by atoms with Gasteiger partial charge in [-0.1, -0.05) is 24.3 Å². The Morgan fingerprint density at radius 1 is 1.03 bits per heavy atom. The lowest BCUT2D eigenvalue weighted by molar-refractivity contribution is -0.385. The smallest absolute Gasteiger partial charge is 0.273 e. The molecule has 3 aromatic carbocycles. The van der Waals surface area contributed by atoms with Crippen LogP contribution in [-0.4, -0.2) is 17.8 Å². The first-order chi connectivity index (χ1) is 14.0. The molecule has 3 aromatic rings. The maximum absolute atomic E-state index is 12.8. The van der Waals surface area contributed by atoms with Crippen molar-refractivity contribution in [2.75, 3.05) is 7.11 Å². The molecule has 0 aliphatic heterocycles. The van der Waals surface area contributed by atoms with Gasteiger partial charge >= 0.3 is 0 Å². The van der Waals surface area contributed by atoms with E-state index in [0.717, 1.165) is 5.56 Å². The molecule has 0 fully saturated rings. The molecule has 0 saturated heterocycles. The predicted molar refractivity (Wildman–Crippen MR) is 105 cm³/mol. The topological polar surface area (TPSA) is 102 Å². The number of methoxy groups -OCH3 is 1. The molecule has 0 unspecified atom stereocenters. The van der Waals surface area contributed by atoms with Crippen LogP contribution in [0.5, 0.6) is 11.5 Å². The van der Waals surface area contributed by atoms with Crippen molar-refractivity contribution >= 4 is 11.5 Å². The van der Waals surface area contributed by atoms with Gasteiger partial charge in [-0.05, 0) is 35.9 Å². The maximum atomic E-state index is 12.8. The van der Waals surface area contributed by atoms with E-state index in [1.807, 2.05) is 18.2 Å². The van der Waals surface area contributed by atoms with Crippen molar-refractivity contribution in [2.24, 2.45) is 0 Å². The fourth-order valence-electron chi connectivity index (χ4n) is 2.69. The molecule has 29 heavy (non-hydrogen) atoms. The minimum absolute atomic E-state index is 0.110. The lowest BCUT2D eigenvalue weighted by Crippen LogP contribution is -2.04. The summed E-state index contributed by atoms with van der Waals surface area (Å²) >= 11 is 0. The third-order valence-corrected chi connectivity index (χ3v) is 4.18. The van der Waals surface area contributed by atoms with Crippen molar-refractivity contribution in [3.63, 3.8) is 0 Å². The SMILES string of the molecule is COc1ccc(COc2cc(C(=O)c3cccc(C#N)c3)cc([N+](=O)[O-])c2)cc1. The van der Waals surface area contributed by atoms with Crippen molar-refractivity contribution in [3.05, 3.63) is 99.1 Å². The van der Waals surface area contributed by atoms with E-state index in [-0.39, 0.29) is 29.2 Å². The molecule has 0 aromatic heterocycles. The van der Waals surface area contributed by atoms with Crippen LogP contribution < -0.4 is 9.47 Å². The van der Waals surface area contributed by atoms with Crippen LogP contribution in [0.3, 0.4) is 0 Å². The molecule has 0 bridgehead atoms. The summed E-state index contributed by atoms with van der Waals surface area (Å²) in [5, 5.41) is 20.3. The van der Waals surface area contributed by atoms with Crippen LogP contribution in [0.4, 0.5) is 5.69 Å². The zero-order valence-electron chi connectivity index (χ0n) is 15.5. The highest BCUT2D eigenvalue weighted by atomic mass is 16.6. The number of hydrogen-bond donors (Lipinski definition) is 0. The number of carbonyl (C=O) groups is 1. The lowest BCUT2D eigenvalue weighted by Gasteiger charge is -2.09. The van der Waals surface area contributed by atoms with Gasteiger partial charge in [-0.3, -0.25) is 14.9 Å². The lowest BCUT2D eigenvalue weighted by atomic mass is 10.0. The van der Waals surface area contributed by atoms with Gasteiger partial charge in [0.05, 0.1) is 29.7 Å². The second-order valence-corrected chi connectivity index (χ2v) is 6.13. The van der Waals surface area contributed by atoms with Crippen LogP contribution in [0.2, 0.25) is 0 Å². The average Bonchev–Trinajstić information content (AvgIpc) is 2.77. The Morgan fingerprint density at radius 3 is 2.45 bits per heavy atom. The highest BCUT2D eigenvalue weighted by Gasteiger charge is 2.17. The zero-order chi connectivity index (χ0) is 20.8. The van der Waals surface area contributed by atoms with Crippen molar-refractivity contribution in [1.82, 2.24) is 0 Å². The maximum Gasteiger partial charge on any atom is 0.273 e. The van der Waals surface area contributed by atoms with Crippen molar-refractivity contribution < 1.29 is 19.2 Å². The van der Waals surface area contributed by atoms with E-state index in [0.29, 0.717) is 11.3 Å². The number of hydrogen-bond acceptors (Lipinski definition) is 6. The van der Waals surface area contributed by atoms with E-state index in [1.165, 1.54) is 24.3 Å². The molecule has 0 amide bonds. The standard InChI is InChI=1S/C22H16N2O5/c1-28-20-7-5-15(6-8-20)14-29-21-11-18(10-19(12-21)24(26)27)22(25)17-4-2-3-16(9-17)13-23/h2-12H,14H2,1H3. The Kier molecular flexibility index (Phi) is 5.85. The molecule has 7 heteroatoms. The molecule has 0 saturated carbocycles. The van der Waals surface area contributed by atoms with Crippen LogP contribution in [-0.2, 0) is 6.61 Å². The van der Waals surface area contributed by atoms with Crippen molar-refractivity contribution in [1.29, 1.82) is 5.26 Å². The van der Waals surface area contributed by atoms with Gasteiger partial charge in [0.1, 0.15) is 18.1 Å². The second kappa shape index (κ2) is 8.67. The van der Waals surface area contributed by atoms with Crippen LogP contribution in [0.1, 0.15) is 27.0 Å². The minimum atomic E-state index is -0.581. The van der Waals surface area contributed by atoms with Gasteiger partial charge in [-0.15, -0.1) is 0 Å².